The zero-order valence-corrected chi connectivity index (χ0v) is 13.3. The van der Waals surface area contributed by atoms with Crippen molar-refractivity contribution in [3.8, 4) is 5.75 Å². The van der Waals surface area contributed by atoms with Crippen LogP contribution in [0.2, 0.25) is 0 Å². The minimum atomic E-state index is -0.539. The Balaban J connectivity index is 1.67. The Morgan fingerprint density at radius 2 is 1.71 bits per heavy atom. The molecule has 1 aliphatic heterocycles. The summed E-state index contributed by atoms with van der Waals surface area (Å²) < 4.78 is 11.2. The molecule has 1 aromatic carbocycles. The van der Waals surface area contributed by atoms with Crippen LogP contribution >= 0.6 is 15.9 Å². The van der Waals surface area contributed by atoms with Gasteiger partial charge in [0.05, 0.1) is 0 Å². The van der Waals surface area contributed by atoms with Crippen LogP contribution in [0.15, 0.2) is 28.7 Å². The molecule has 1 amide bonds. The van der Waals surface area contributed by atoms with Gasteiger partial charge in [-0.3, -0.25) is 4.79 Å². The summed E-state index contributed by atoms with van der Waals surface area (Å²) in [5.74, 6) is -0.0903. The number of ether oxygens (including phenoxy) is 2. The van der Waals surface area contributed by atoms with Crippen molar-refractivity contribution < 1.29 is 19.1 Å². The molecule has 0 atom stereocenters. The van der Waals surface area contributed by atoms with Crippen molar-refractivity contribution in [2.24, 2.45) is 0 Å². The van der Waals surface area contributed by atoms with Crippen molar-refractivity contribution >= 4 is 27.8 Å². The number of nitrogens with zero attached hydrogens (tertiary/aromatic N) is 1. The first-order valence-corrected chi connectivity index (χ1v) is 7.76. The average Bonchev–Trinajstić information content (AvgIpc) is 2.53. The molecule has 0 aromatic heterocycles. The summed E-state index contributed by atoms with van der Waals surface area (Å²) in [7, 11) is 0. The maximum atomic E-state index is 11.8. The number of carbonyl (C=O) groups is 2. The summed E-state index contributed by atoms with van der Waals surface area (Å²) in [5, 5.41) is 0. The van der Waals surface area contributed by atoms with E-state index in [-0.39, 0.29) is 19.1 Å². The molecule has 114 valence electrons. The molecule has 1 heterocycles. The van der Waals surface area contributed by atoms with Crippen molar-refractivity contribution in [1.82, 2.24) is 4.90 Å². The minimum absolute atomic E-state index is 0.133. The van der Waals surface area contributed by atoms with Crippen molar-refractivity contribution in [2.75, 3.05) is 26.3 Å². The van der Waals surface area contributed by atoms with Crippen molar-refractivity contribution in [1.29, 1.82) is 0 Å². The van der Waals surface area contributed by atoms with Gasteiger partial charge in [0.1, 0.15) is 5.75 Å². The summed E-state index contributed by atoms with van der Waals surface area (Å²) in [6.07, 6.45) is 3.20. The maximum Gasteiger partial charge on any atom is 0.344 e. The van der Waals surface area contributed by atoms with Crippen LogP contribution in [0.1, 0.15) is 19.3 Å². The first kappa shape index (κ1) is 15.8. The quantitative estimate of drug-likeness (QED) is 0.761. The molecule has 0 N–H and O–H groups in total. The Morgan fingerprint density at radius 3 is 2.38 bits per heavy atom. The molecule has 2 rings (SSSR count). The summed E-state index contributed by atoms with van der Waals surface area (Å²) in [4.78, 5) is 25.1. The molecule has 1 saturated heterocycles. The summed E-state index contributed by atoms with van der Waals surface area (Å²) in [6.45, 7) is 1.11. The predicted octanol–water partition coefficient (Wildman–Crippen LogP) is 2.38. The van der Waals surface area contributed by atoms with E-state index in [0.29, 0.717) is 5.75 Å². The molecule has 1 aliphatic rings. The Bertz CT molecular complexity index is 483. The van der Waals surface area contributed by atoms with Crippen molar-refractivity contribution in [2.45, 2.75) is 19.3 Å². The van der Waals surface area contributed by atoms with Crippen LogP contribution in [0.3, 0.4) is 0 Å². The summed E-state index contributed by atoms with van der Waals surface area (Å²) >= 11 is 3.31. The first-order chi connectivity index (χ1) is 10.1. The van der Waals surface area contributed by atoms with E-state index in [9.17, 15) is 9.59 Å². The van der Waals surface area contributed by atoms with Crippen molar-refractivity contribution in [3.05, 3.63) is 28.7 Å². The van der Waals surface area contributed by atoms with E-state index in [0.717, 1.165) is 36.8 Å². The number of hydrogen-bond acceptors (Lipinski definition) is 4. The zero-order chi connectivity index (χ0) is 15.1. The number of rotatable bonds is 5. The number of piperidine rings is 1. The van der Waals surface area contributed by atoms with Crippen LogP contribution in [0.4, 0.5) is 0 Å². The van der Waals surface area contributed by atoms with Crippen LogP contribution in [0, 0.1) is 0 Å². The van der Waals surface area contributed by atoms with Crippen molar-refractivity contribution in [3.63, 3.8) is 0 Å². The second-order valence-corrected chi connectivity index (χ2v) is 5.76. The number of likely N-dealkylation sites (tertiary alicyclic amines) is 1. The largest absolute Gasteiger partial charge is 0.482 e. The fourth-order valence-corrected chi connectivity index (χ4v) is 2.36. The number of esters is 1. The van der Waals surface area contributed by atoms with Crippen LogP contribution in [-0.2, 0) is 14.3 Å². The molecule has 1 aromatic rings. The number of benzene rings is 1. The molecule has 0 saturated carbocycles. The highest BCUT2D eigenvalue weighted by Gasteiger charge is 2.17. The van der Waals surface area contributed by atoms with Gasteiger partial charge in [-0.2, -0.15) is 0 Å². The van der Waals surface area contributed by atoms with Gasteiger partial charge in [0.25, 0.3) is 5.91 Å². The maximum absolute atomic E-state index is 11.8. The van der Waals surface area contributed by atoms with Gasteiger partial charge in [-0.1, -0.05) is 15.9 Å². The Morgan fingerprint density at radius 1 is 1.05 bits per heavy atom. The fraction of sp³-hybridized carbons (Fsp3) is 0.467. The molecule has 6 heteroatoms. The first-order valence-electron chi connectivity index (χ1n) is 6.97. The molecule has 21 heavy (non-hydrogen) atoms. The molecule has 0 bridgehead atoms. The molecular formula is C15H18BrNO4. The number of hydrogen-bond donors (Lipinski definition) is 0. The second kappa shape index (κ2) is 8.02. The standard InChI is InChI=1S/C15H18BrNO4/c16-12-4-6-13(7-5-12)20-11-15(19)21-10-14(18)17-8-2-1-3-9-17/h4-7H,1-3,8-11H2. The lowest BCUT2D eigenvalue weighted by Crippen LogP contribution is -2.38. The molecule has 1 fully saturated rings. The topological polar surface area (TPSA) is 55.8 Å². The van der Waals surface area contributed by atoms with Crippen LogP contribution < -0.4 is 4.74 Å². The lowest BCUT2D eigenvalue weighted by molar-refractivity contribution is -0.154. The third kappa shape index (κ3) is 5.38. The van der Waals surface area contributed by atoms with E-state index < -0.39 is 5.97 Å². The van der Waals surface area contributed by atoms with Gasteiger partial charge >= 0.3 is 5.97 Å². The lowest BCUT2D eigenvalue weighted by atomic mass is 10.1. The van der Waals surface area contributed by atoms with Crippen LogP contribution in [0.25, 0.3) is 0 Å². The third-order valence-electron chi connectivity index (χ3n) is 3.24. The highest BCUT2D eigenvalue weighted by atomic mass is 79.9. The Kier molecular flexibility index (Phi) is 6.04. The molecular weight excluding hydrogens is 338 g/mol. The normalized spacial score (nSPS) is 14.6. The van der Waals surface area contributed by atoms with E-state index in [4.69, 9.17) is 9.47 Å². The van der Waals surface area contributed by atoms with E-state index in [2.05, 4.69) is 15.9 Å². The van der Waals surface area contributed by atoms with Gasteiger partial charge < -0.3 is 14.4 Å². The van der Waals surface area contributed by atoms with Crippen LogP contribution in [0.5, 0.6) is 5.75 Å². The average molecular weight is 356 g/mol. The minimum Gasteiger partial charge on any atom is -0.482 e. The summed E-state index contributed by atoms with van der Waals surface area (Å²) in [5.41, 5.74) is 0. The number of carbonyl (C=O) groups excluding carboxylic acids is 2. The van der Waals surface area contributed by atoms with Gasteiger partial charge in [-0.05, 0) is 43.5 Å². The monoisotopic (exact) mass is 355 g/mol. The molecule has 0 spiro atoms. The predicted molar refractivity (Wildman–Crippen MR) is 81.0 cm³/mol. The fourth-order valence-electron chi connectivity index (χ4n) is 2.09. The molecule has 0 radical (unpaired) electrons. The van der Waals surface area contributed by atoms with Gasteiger partial charge in [-0.15, -0.1) is 0 Å². The summed E-state index contributed by atoms with van der Waals surface area (Å²) in [6, 6.07) is 7.13. The third-order valence-corrected chi connectivity index (χ3v) is 3.76. The van der Waals surface area contributed by atoms with E-state index >= 15 is 0 Å². The second-order valence-electron chi connectivity index (χ2n) is 4.84. The van der Waals surface area contributed by atoms with Gasteiger partial charge in [0, 0.05) is 17.6 Å². The molecule has 5 nitrogen and oxygen atoms in total. The lowest BCUT2D eigenvalue weighted by Gasteiger charge is -2.26. The zero-order valence-electron chi connectivity index (χ0n) is 11.7. The highest BCUT2D eigenvalue weighted by molar-refractivity contribution is 9.10. The Labute approximate surface area is 132 Å². The SMILES string of the molecule is O=C(COc1ccc(Br)cc1)OCC(=O)N1CCCCC1. The van der Waals surface area contributed by atoms with E-state index in [1.54, 1.807) is 17.0 Å². The smallest absolute Gasteiger partial charge is 0.344 e. The number of amides is 1. The van der Waals surface area contributed by atoms with E-state index in [1.807, 2.05) is 12.1 Å². The highest BCUT2D eigenvalue weighted by Crippen LogP contribution is 2.16. The Hall–Kier alpha value is -1.56. The van der Waals surface area contributed by atoms with Gasteiger partial charge in [0.15, 0.2) is 13.2 Å². The van der Waals surface area contributed by atoms with Gasteiger partial charge in [-0.25, -0.2) is 4.79 Å². The van der Waals surface area contributed by atoms with Crippen LogP contribution in [-0.4, -0.2) is 43.1 Å². The van der Waals surface area contributed by atoms with E-state index in [1.165, 1.54) is 0 Å². The molecule has 0 unspecified atom stereocenters. The number of halogens is 1. The molecule has 0 aliphatic carbocycles. The van der Waals surface area contributed by atoms with Gasteiger partial charge in [0.2, 0.25) is 0 Å².